The largest absolute Gasteiger partial charge is 0.433 e. The van der Waals surface area contributed by atoms with Crippen LogP contribution in [0.25, 0.3) is 0 Å². The fourth-order valence-electron chi connectivity index (χ4n) is 4.45. The highest BCUT2D eigenvalue weighted by atomic mass is 19.4. The van der Waals surface area contributed by atoms with E-state index in [9.17, 15) is 23.4 Å². The average molecular weight is 422 g/mol. The Hall–Kier alpha value is -1.99. The maximum atomic E-state index is 12.9. The number of rotatable bonds is 4. The van der Waals surface area contributed by atoms with Crippen LogP contribution in [0.4, 0.5) is 13.2 Å². The molecule has 0 radical (unpaired) electrons. The lowest BCUT2D eigenvalue weighted by Gasteiger charge is -2.37. The van der Waals surface area contributed by atoms with Crippen molar-refractivity contribution in [3.05, 3.63) is 57.7 Å². The third kappa shape index (κ3) is 4.23. The smallest absolute Gasteiger partial charge is 0.388 e. The lowest BCUT2D eigenvalue weighted by atomic mass is 9.72. The Morgan fingerprint density at radius 3 is 2.40 bits per heavy atom. The number of nitrogens with zero attached hydrogens (tertiary/aromatic N) is 2. The van der Waals surface area contributed by atoms with Gasteiger partial charge in [0.05, 0.1) is 6.10 Å². The Morgan fingerprint density at radius 1 is 1.23 bits per heavy atom. The molecule has 3 rings (SSSR count). The molecular formula is C23H29F3N2O2. The van der Waals surface area contributed by atoms with E-state index in [0.717, 1.165) is 35.5 Å². The third-order valence-corrected chi connectivity index (χ3v) is 5.78. The van der Waals surface area contributed by atoms with E-state index in [2.05, 4.69) is 18.8 Å². The number of hydrogen-bond donors (Lipinski definition) is 2. The molecule has 0 saturated heterocycles. The first kappa shape index (κ1) is 22.7. The molecule has 2 N–H and O–H groups in total. The van der Waals surface area contributed by atoms with Crippen molar-refractivity contribution in [3.63, 3.8) is 0 Å². The molecule has 0 spiro atoms. The molecule has 1 aliphatic rings. The van der Waals surface area contributed by atoms with Crippen molar-refractivity contribution >= 4 is 0 Å². The SMILES string of the molecule is CCc1c2c(nc(C(C)C)c1C(O)c1ccc(C(F)(F)F)nc1)CC(C)(C)CC2O. The van der Waals surface area contributed by atoms with Crippen molar-refractivity contribution < 1.29 is 23.4 Å². The quantitative estimate of drug-likeness (QED) is 0.705. The van der Waals surface area contributed by atoms with Crippen LogP contribution in [-0.4, -0.2) is 20.2 Å². The first-order valence-corrected chi connectivity index (χ1v) is 10.3. The number of aliphatic hydroxyl groups is 2. The van der Waals surface area contributed by atoms with E-state index in [1.54, 1.807) is 0 Å². The number of aromatic nitrogens is 2. The predicted octanol–water partition coefficient (Wildman–Crippen LogP) is 5.27. The average Bonchev–Trinajstić information content (AvgIpc) is 2.64. The summed E-state index contributed by atoms with van der Waals surface area (Å²) in [5.74, 6) is -0.00478. The first-order chi connectivity index (χ1) is 13.9. The van der Waals surface area contributed by atoms with Gasteiger partial charge >= 0.3 is 6.18 Å². The summed E-state index contributed by atoms with van der Waals surface area (Å²) in [5, 5.41) is 22.1. The normalized spacial score (nSPS) is 19.6. The van der Waals surface area contributed by atoms with Gasteiger partial charge in [-0.05, 0) is 42.2 Å². The van der Waals surface area contributed by atoms with E-state index in [1.807, 2.05) is 20.8 Å². The van der Waals surface area contributed by atoms with Gasteiger partial charge in [-0.3, -0.25) is 9.97 Å². The number of alkyl halides is 3. The van der Waals surface area contributed by atoms with E-state index >= 15 is 0 Å². The Balaban J connectivity index is 2.17. The van der Waals surface area contributed by atoms with Crippen LogP contribution in [0.2, 0.25) is 0 Å². The zero-order valence-electron chi connectivity index (χ0n) is 18.0. The highest BCUT2D eigenvalue weighted by Gasteiger charge is 2.37. The molecule has 0 amide bonds. The maximum Gasteiger partial charge on any atom is 0.433 e. The van der Waals surface area contributed by atoms with Crippen molar-refractivity contribution in [1.29, 1.82) is 0 Å². The highest BCUT2D eigenvalue weighted by Crippen LogP contribution is 2.45. The first-order valence-electron chi connectivity index (χ1n) is 10.3. The highest BCUT2D eigenvalue weighted by molar-refractivity contribution is 5.48. The molecule has 0 saturated carbocycles. The molecule has 7 heteroatoms. The molecule has 2 atom stereocenters. The summed E-state index contributed by atoms with van der Waals surface area (Å²) in [7, 11) is 0. The lowest BCUT2D eigenvalue weighted by Crippen LogP contribution is -2.29. The van der Waals surface area contributed by atoms with E-state index in [1.165, 1.54) is 6.07 Å². The van der Waals surface area contributed by atoms with Gasteiger partial charge in [0.1, 0.15) is 11.8 Å². The van der Waals surface area contributed by atoms with Gasteiger partial charge in [0.15, 0.2) is 0 Å². The Morgan fingerprint density at radius 2 is 1.90 bits per heavy atom. The number of aliphatic hydroxyl groups excluding tert-OH is 2. The van der Waals surface area contributed by atoms with Crippen LogP contribution >= 0.6 is 0 Å². The monoisotopic (exact) mass is 422 g/mol. The number of fused-ring (bicyclic) bond motifs is 1. The Bertz CT molecular complexity index is 922. The lowest BCUT2D eigenvalue weighted by molar-refractivity contribution is -0.141. The number of pyridine rings is 2. The van der Waals surface area contributed by atoms with E-state index in [-0.39, 0.29) is 16.9 Å². The molecule has 2 heterocycles. The van der Waals surface area contributed by atoms with Gasteiger partial charge in [0, 0.05) is 34.3 Å². The minimum Gasteiger partial charge on any atom is -0.388 e. The molecule has 1 aliphatic carbocycles. The molecule has 0 aromatic carbocycles. The van der Waals surface area contributed by atoms with Crippen LogP contribution in [0.15, 0.2) is 18.3 Å². The van der Waals surface area contributed by atoms with Gasteiger partial charge in [-0.15, -0.1) is 0 Å². The van der Waals surface area contributed by atoms with Gasteiger partial charge in [0.25, 0.3) is 0 Å². The van der Waals surface area contributed by atoms with Gasteiger partial charge in [-0.1, -0.05) is 40.7 Å². The van der Waals surface area contributed by atoms with E-state index < -0.39 is 24.1 Å². The van der Waals surface area contributed by atoms with Gasteiger partial charge < -0.3 is 10.2 Å². The molecule has 0 fully saturated rings. The van der Waals surface area contributed by atoms with Crippen molar-refractivity contribution in [2.24, 2.45) is 5.41 Å². The number of halogens is 3. The van der Waals surface area contributed by atoms with Crippen LogP contribution in [-0.2, 0) is 19.0 Å². The second kappa shape index (κ2) is 7.93. The van der Waals surface area contributed by atoms with Gasteiger partial charge in [0.2, 0.25) is 0 Å². The third-order valence-electron chi connectivity index (χ3n) is 5.78. The van der Waals surface area contributed by atoms with E-state index in [0.29, 0.717) is 24.1 Å². The Kier molecular flexibility index (Phi) is 6.00. The van der Waals surface area contributed by atoms with Crippen LogP contribution in [0.1, 0.15) is 98.5 Å². The van der Waals surface area contributed by atoms with Crippen molar-refractivity contribution in [2.45, 2.75) is 78.2 Å². The van der Waals surface area contributed by atoms with Crippen molar-refractivity contribution in [2.75, 3.05) is 0 Å². The molecule has 164 valence electrons. The summed E-state index contributed by atoms with van der Waals surface area (Å²) < 4.78 is 38.6. The summed E-state index contributed by atoms with van der Waals surface area (Å²) >= 11 is 0. The second-order valence-electron chi connectivity index (χ2n) is 9.20. The van der Waals surface area contributed by atoms with Crippen LogP contribution in [0.5, 0.6) is 0 Å². The summed E-state index contributed by atoms with van der Waals surface area (Å²) in [6.07, 6.45) is -3.45. The zero-order chi connectivity index (χ0) is 22.4. The predicted molar refractivity (Wildman–Crippen MR) is 108 cm³/mol. The standard InChI is InChI=1S/C23H29F3N2O2/c1-6-14-18-15(9-22(4,5)10-16(18)29)28-20(12(2)3)19(14)21(30)13-7-8-17(27-11-13)23(24,25)26/h7-8,11-12,16,21,29-30H,6,9-10H2,1-5H3. The summed E-state index contributed by atoms with van der Waals surface area (Å²) in [6.45, 7) is 10.1. The minimum atomic E-state index is -4.54. The summed E-state index contributed by atoms with van der Waals surface area (Å²) in [4.78, 5) is 8.34. The van der Waals surface area contributed by atoms with Crippen LogP contribution in [0.3, 0.4) is 0 Å². The molecule has 4 nitrogen and oxygen atoms in total. The molecule has 30 heavy (non-hydrogen) atoms. The van der Waals surface area contributed by atoms with Crippen LogP contribution in [0, 0.1) is 5.41 Å². The van der Waals surface area contributed by atoms with Crippen molar-refractivity contribution in [3.8, 4) is 0 Å². The second-order valence-corrected chi connectivity index (χ2v) is 9.20. The fraction of sp³-hybridized carbons (Fsp3) is 0.565. The summed E-state index contributed by atoms with van der Waals surface area (Å²) in [6, 6.07) is 2.13. The fourth-order valence-corrected chi connectivity index (χ4v) is 4.45. The zero-order valence-corrected chi connectivity index (χ0v) is 18.0. The molecule has 2 aromatic heterocycles. The minimum absolute atomic E-state index is 0.00478. The van der Waals surface area contributed by atoms with Crippen molar-refractivity contribution in [1.82, 2.24) is 9.97 Å². The summed E-state index contributed by atoms with van der Waals surface area (Å²) in [5.41, 5.74) is 2.91. The molecule has 0 bridgehead atoms. The maximum absolute atomic E-state index is 12.9. The Labute approximate surface area is 175 Å². The molecule has 2 unspecified atom stereocenters. The topological polar surface area (TPSA) is 66.2 Å². The molecule has 2 aromatic rings. The molecule has 0 aliphatic heterocycles. The van der Waals surface area contributed by atoms with Crippen LogP contribution < -0.4 is 0 Å². The van der Waals surface area contributed by atoms with Gasteiger partial charge in [-0.25, -0.2) is 0 Å². The van der Waals surface area contributed by atoms with E-state index in [4.69, 9.17) is 4.98 Å². The molecular weight excluding hydrogens is 393 g/mol. The van der Waals surface area contributed by atoms with Gasteiger partial charge in [-0.2, -0.15) is 13.2 Å². The number of hydrogen-bond acceptors (Lipinski definition) is 4.